The van der Waals surface area contributed by atoms with Gasteiger partial charge in [0.15, 0.2) is 0 Å². The summed E-state index contributed by atoms with van der Waals surface area (Å²) in [7, 11) is 0. The van der Waals surface area contributed by atoms with Gasteiger partial charge < -0.3 is 19.9 Å². The predicted octanol–water partition coefficient (Wildman–Crippen LogP) is 1.99. The van der Waals surface area contributed by atoms with Crippen molar-refractivity contribution < 1.29 is 9.90 Å². The minimum Gasteiger partial charge on any atom is -0.394 e. The Labute approximate surface area is 181 Å². The number of aliphatic hydroxyl groups is 1. The summed E-state index contributed by atoms with van der Waals surface area (Å²) in [5, 5.41) is 12.7. The monoisotopic (exact) mass is 420 g/mol. The summed E-state index contributed by atoms with van der Waals surface area (Å²) in [6.07, 6.45) is 7.97. The SMILES string of the molecule is Cc1cc(N2C[C@@H]3C[C@H](C2)c2ccc(C(=O)NC4(CO)CC=CC4)c(=O)n2C3)ccn1. The fraction of sp³-hybridized carbons (Fsp3) is 0.458. The minimum atomic E-state index is -0.691. The largest absolute Gasteiger partial charge is 0.394 e. The topological polar surface area (TPSA) is 87.5 Å². The van der Waals surface area contributed by atoms with E-state index in [-0.39, 0.29) is 23.6 Å². The van der Waals surface area contributed by atoms with Crippen LogP contribution in [0.5, 0.6) is 0 Å². The van der Waals surface area contributed by atoms with Gasteiger partial charge in [-0.2, -0.15) is 0 Å². The van der Waals surface area contributed by atoms with Crippen molar-refractivity contribution in [1.82, 2.24) is 14.9 Å². The van der Waals surface area contributed by atoms with Crippen LogP contribution in [0.2, 0.25) is 0 Å². The number of rotatable bonds is 4. The number of hydrogen-bond acceptors (Lipinski definition) is 5. The van der Waals surface area contributed by atoms with Crippen LogP contribution < -0.4 is 15.8 Å². The number of amides is 1. The van der Waals surface area contributed by atoms with E-state index in [1.54, 1.807) is 10.6 Å². The number of nitrogens with one attached hydrogen (secondary N) is 1. The molecule has 2 aromatic rings. The number of carbonyl (C=O) groups excluding carboxylic acids is 1. The van der Waals surface area contributed by atoms with Crippen LogP contribution >= 0.6 is 0 Å². The molecule has 7 heteroatoms. The van der Waals surface area contributed by atoms with Crippen molar-refractivity contribution in [1.29, 1.82) is 0 Å². The zero-order valence-electron chi connectivity index (χ0n) is 17.8. The molecule has 5 rings (SSSR count). The normalized spacial score (nSPS) is 23.5. The van der Waals surface area contributed by atoms with Gasteiger partial charge in [-0.05, 0) is 56.4 Å². The summed E-state index contributed by atoms with van der Waals surface area (Å²) >= 11 is 0. The first-order chi connectivity index (χ1) is 15.0. The fourth-order valence-corrected chi connectivity index (χ4v) is 5.34. The van der Waals surface area contributed by atoms with Crippen molar-refractivity contribution in [3.8, 4) is 0 Å². The third kappa shape index (κ3) is 3.57. The molecule has 0 radical (unpaired) electrons. The molecule has 1 saturated heterocycles. The number of fused-ring (bicyclic) bond motifs is 4. The molecule has 0 spiro atoms. The third-order valence-corrected chi connectivity index (χ3v) is 6.96. The average molecular weight is 421 g/mol. The fourth-order valence-electron chi connectivity index (χ4n) is 5.34. The number of aliphatic hydroxyl groups excluding tert-OH is 1. The number of carbonyl (C=O) groups is 1. The molecule has 2 atom stereocenters. The number of piperidine rings is 1. The van der Waals surface area contributed by atoms with Gasteiger partial charge in [-0.25, -0.2) is 0 Å². The molecule has 3 aliphatic rings. The van der Waals surface area contributed by atoms with Crippen LogP contribution in [0, 0.1) is 12.8 Å². The molecule has 162 valence electrons. The molecule has 0 saturated carbocycles. The van der Waals surface area contributed by atoms with Crippen molar-refractivity contribution in [3.63, 3.8) is 0 Å². The first-order valence-electron chi connectivity index (χ1n) is 11.0. The number of aryl methyl sites for hydroxylation is 1. The lowest BCUT2D eigenvalue weighted by atomic mass is 9.82. The molecular formula is C24H28N4O3. The van der Waals surface area contributed by atoms with Crippen LogP contribution in [0.15, 0.2) is 47.4 Å². The lowest BCUT2D eigenvalue weighted by Crippen LogP contribution is -2.52. The standard InChI is InChI=1S/C24H28N4O3/c1-16-10-19(6-9-25-16)27-12-17-11-18(14-27)21-5-4-20(23(31)28(21)13-17)22(30)26-24(15-29)7-2-3-8-24/h2-6,9-10,17-18,29H,7-8,11-15H2,1H3,(H,26,30)/t17-,18+/m0/s1. The van der Waals surface area contributed by atoms with Crippen LogP contribution in [0.4, 0.5) is 5.69 Å². The maximum atomic E-state index is 13.3. The maximum absolute atomic E-state index is 13.3. The Balaban J connectivity index is 1.41. The van der Waals surface area contributed by atoms with Crippen LogP contribution in [-0.4, -0.2) is 45.8 Å². The summed E-state index contributed by atoms with van der Waals surface area (Å²) < 4.78 is 1.81. The smallest absolute Gasteiger partial charge is 0.263 e. The van der Waals surface area contributed by atoms with Gasteiger partial charge in [0.25, 0.3) is 11.5 Å². The van der Waals surface area contributed by atoms with Crippen molar-refractivity contribution >= 4 is 11.6 Å². The molecule has 1 fully saturated rings. The average Bonchev–Trinajstić information content (AvgIpc) is 3.23. The number of hydrogen-bond donors (Lipinski definition) is 2. The molecule has 7 nitrogen and oxygen atoms in total. The van der Waals surface area contributed by atoms with Crippen LogP contribution in [0.1, 0.15) is 46.9 Å². The van der Waals surface area contributed by atoms with Gasteiger partial charge in [-0.3, -0.25) is 14.6 Å². The van der Waals surface area contributed by atoms with E-state index in [0.29, 0.717) is 25.3 Å². The predicted molar refractivity (Wildman–Crippen MR) is 118 cm³/mol. The highest BCUT2D eigenvalue weighted by Gasteiger charge is 2.37. The van der Waals surface area contributed by atoms with Gasteiger partial charge in [-0.1, -0.05) is 12.2 Å². The molecule has 0 unspecified atom stereocenters. The second-order valence-corrected chi connectivity index (χ2v) is 9.22. The van der Waals surface area contributed by atoms with Gasteiger partial charge in [0.2, 0.25) is 0 Å². The van der Waals surface area contributed by atoms with Crippen molar-refractivity contribution in [3.05, 3.63) is 69.9 Å². The van der Waals surface area contributed by atoms with Crippen LogP contribution in [0.25, 0.3) is 0 Å². The molecule has 1 amide bonds. The summed E-state index contributed by atoms with van der Waals surface area (Å²) in [6.45, 7) is 4.22. The first kappa shape index (κ1) is 20.0. The van der Waals surface area contributed by atoms with Crippen molar-refractivity contribution in [2.45, 2.75) is 44.2 Å². The molecule has 0 aromatic carbocycles. The lowest BCUT2D eigenvalue weighted by Gasteiger charge is -2.44. The number of aromatic nitrogens is 2. The molecule has 2 bridgehead atoms. The Hall–Kier alpha value is -2.93. The van der Waals surface area contributed by atoms with Gasteiger partial charge in [0.1, 0.15) is 5.56 Å². The van der Waals surface area contributed by atoms with E-state index in [9.17, 15) is 14.7 Å². The number of pyridine rings is 2. The van der Waals surface area contributed by atoms with Gasteiger partial charge in [0.05, 0.1) is 12.1 Å². The summed E-state index contributed by atoms with van der Waals surface area (Å²) in [4.78, 5) is 32.8. The Kier molecular flexibility index (Phi) is 4.93. The number of nitrogens with zero attached hydrogens (tertiary/aromatic N) is 3. The van der Waals surface area contributed by atoms with Crippen LogP contribution in [-0.2, 0) is 6.54 Å². The molecule has 1 aliphatic carbocycles. The highest BCUT2D eigenvalue weighted by molar-refractivity contribution is 5.94. The highest BCUT2D eigenvalue weighted by Crippen LogP contribution is 2.37. The second kappa shape index (κ2) is 7.64. The van der Waals surface area contributed by atoms with Crippen molar-refractivity contribution in [2.24, 2.45) is 5.92 Å². The first-order valence-corrected chi connectivity index (χ1v) is 11.0. The maximum Gasteiger partial charge on any atom is 0.263 e. The van der Waals surface area contributed by atoms with Crippen molar-refractivity contribution in [2.75, 3.05) is 24.6 Å². The summed E-state index contributed by atoms with van der Waals surface area (Å²) in [5.41, 5.74) is 2.42. The highest BCUT2D eigenvalue weighted by atomic mass is 16.3. The Morgan fingerprint density at radius 1 is 1.23 bits per heavy atom. The van der Waals surface area contributed by atoms with E-state index in [1.807, 2.05) is 37.4 Å². The van der Waals surface area contributed by atoms with E-state index in [0.717, 1.165) is 30.9 Å². The summed E-state index contributed by atoms with van der Waals surface area (Å²) in [5.74, 6) is 0.217. The molecule has 2 aliphatic heterocycles. The van der Waals surface area contributed by atoms with Gasteiger partial charge in [-0.15, -0.1) is 0 Å². The summed E-state index contributed by atoms with van der Waals surface area (Å²) in [6, 6.07) is 7.75. The second-order valence-electron chi connectivity index (χ2n) is 9.22. The van der Waals surface area contributed by atoms with Gasteiger partial charge >= 0.3 is 0 Å². The lowest BCUT2D eigenvalue weighted by molar-refractivity contribution is 0.0842. The molecular weight excluding hydrogens is 392 g/mol. The Morgan fingerprint density at radius 2 is 2.03 bits per heavy atom. The Morgan fingerprint density at radius 3 is 2.77 bits per heavy atom. The van der Waals surface area contributed by atoms with E-state index in [2.05, 4.69) is 21.3 Å². The molecule has 31 heavy (non-hydrogen) atoms. The van der Waals surface area contributed by atoms with E-state index >= 15 is 0 Å². The molecule has 2 N–H and O–H groups in total. The van der Waals surface area contributed by atoms with E-state index < -0.39 is 11.4 Å². The zero-order valence-corrected chi connectivity index (χ0v) is 17.8. The van der Waals surface area contributed by atoms with E-state index in [4.69, 9.17) is 0 Å². The zero-order chi connectivity index (χ0) is 21.6. The Bertz CT molecular complexity index is 1100. The quantitative estimate of drug-likeness (QED) is 0.739. The molecule has 4 heterocycles. The third-order valence-electron chi connectivity index (χ3n) is 6.96. The minimum absolute atomic E-state index is 0.146. The molecule has 2 aromatic heterocycles. The number of anilines is 1. The van der Waals surface area contributed by atoms with E-state index in [1.165, 1.54) is 5.69 Å². The van der Waals surface area contributed by atoms with Gasteiger partial charge in [0, 0.05) is 48.8 Å². The van der Waals surface area contributed by atoms with Crippen LogP contribution in [0.3, 0.4) is 0 Å².